The Hall–Kier alpha value is -2.30. The SMILES string of the molecule is [CH2]c1cccc(C(=O)Nc2ncc(N(CC)CC)[nH]2)c1. The maximum atomic E-state index is 12.1. The number of anilines is 2. The largest absolute Gasteiger partial charge is 0.357 e. The summed E-state index contributed by atoms with van der Waals surface area (Å²) < 4.78 is 0. The quantitative estimate of drug-likeness (QED) is 0.879. The zero-order valence-electron chi connectivity index (χ0n) is 11.8. The number of nitrogens with zero attached hydrogens (tertiary/aromatic N) is 2. The van der Waals surface area contributed by atoms with Crippen molar-refractivity contribution in [2.24, 2.45) is 0 Å². The van der Waals surface area contributed by atoms with Gasteiger partial charge in [0.1, 0.15) is 5.82 Å². The van der Waals surface area contributed by atoms with Crippen LogP contribution in [-0.4, -0.2) is 29.0 Å². The molecule has 0 aliphatic carbocycles. The molecule has 0 aliphatic heterocycles. The van der Waals surface area contributed by atoms with E-state index < -0.39 is 0 Å². The average Bonchev–Trinajstić information content (AvgIpc) is 2.88. The third kappa shape index (κ3) is 3.17. The third-order valence-corrected chi connectivity index (χ3v) is 3.09. The Bertz CT molecular complexity index is 587. The second-order valence-corrected chi connectivity index (χ2v) is 4.44. The van der Waals surface area contributed by atoms with Crippen molar-refractivity contribution in [1.29, 1.82) is 0 Å². The van der Waals surface area contributed by atoms with Crippen LogP contribution in [-0.2, 0) is 0 Å². The summed E-state index contributed by atoms with van der Waals surface area (Å²) in [4.78, 5) is 21.5. The first kappa shape index (κ1) is 14.1. The lowest BCUT2D eigenvalue weighted by Crippen LogP contribution is -2.22. The van der Waals surface area contributed by atoms with Crippen LogP contribution in [0.5, 0.6) is 0 Å². The van der Waals surface area contributed by atoms with E-state index in [0.717, 1.165) is 24.5 Å². The zero-order chi connectivity index (χ0) is 14.5. The lowest BCUT2D eigenvalue weighted by molar-refractivity contribution is 0.102. The number of amides is 1. The van der Waals surface area contributed by atoms with Gasteiger partial charge in [-0.05, 0) is 38.5 Å². The molecule has 0 unspecified atom stereocenters. The van der Waals surface area contributed by atoms with E-state index in [1.807, 2.05) is 6.07 Å². The molecular formula is C15H19N4O. The summed E-state index contributed by atoms with van der Waals surface area (Å²) in [7, 11) is 0. The van der Waals surface area contributed by atoms with Crippen molar-refractivity contribution in [2.75, 3.05) is 23.3 Å². The molecule has 1 heterocycles. The van der Waals surface area contributed by atoms with Gasteiger partial charge in [0, 0.05) is 18.7 Å². The molecule has 2 aromatic rings. The zero-order valence-corrected chi connectivity index (χ0v) is 11.8. The first-order valence-corrected chi connectivity index (χ1v) is 6.67. The molecule has 0 saturated carbocycles. The highest BCUT2D eigenvalue weighted by molar-refractivity contribution is 6.03. The van der Waals surface area contributed by atoms with Crippen molar-refractivity contribution in [1.82, 2.24) is 9.97 Å². The van der Waals surface area contributed by atoms with Crippen LogP contribution in [0.4, 0.5) is 11.8 Å². The number of hydrogen-bond acceptors (Lipinski definition) is 3. The standard InChI is InChI=1S/C15H19N4O/c1-4-19(5-2)13-10-16-15(17-13)18-14(20)12-8-6-7-11(3)9-12/h6-10H,3-5H2,1-2H3,(H2,16,17,18,20). The molecule has 0 atom stereocenters. The molecule has 0 fully saturated rings. The molecule has 1 aromatic heterocycles. The van der Waals surface area contributed by atoms with Gasteiger partial charge < -0.3 is 9.88 Å². The highest BCUT2D eigenvalue weighted by Crippen LogP contribution is 2.14. The Morgan fingerprint density at radius 1 is 1.40 bits per heavy atom. The van der Waals surface area contributed by atoms with Crippen LogP contribution in [0, 0.1) is 6.92 Å². The lowest BCUT2D eigenvalue weighted by atomic mass is 10.1. The molecular weight excluding hydrogens is 252 g/mol. The van der Waals surface area contributed by atoms with Gasteiger partial charge in [-0.15, -0.1) is 0 Å². The third-order valence-electron chi connectivity index (χ3n) is 3.09. The fourth-order valence-corrected chi connectivity index (χ4v) is 1.99. The molecule has 105 valence electrons. The van der Waals surface area contributed by atoms with Gasteiger partial charge in [-0.1, -0.05) is 12.1 Å². The molecule has 20 heavy (non-hydrogen) atoms. The number of hydrogen-bond donors (Lipinski definition) is 2. The van der Waals surface area contributed by atoms with E-state index in [-0.39, 0.29) is 5.91 Å². The second kappa shape index (κ2) is 6.23. The minimum atomic E-state index is -0.198. The van der Waals surface area contributed by atoms with E-state index in [2.05, 4.69) is 41.0 Å². The van der Waals surface area contributed by atoms with Gasteiger partial charge in [0.05, 0.1) is 6.20 Å². The molecule has 2 N–H and O–H groups in total. The first-order chi connectivity index (χ1) is 9.63. The lowest BCUT2D eigenvalue weighted by Gasteiger charge is -2.17. The summed E-state index contributed by atoms with van der Waals surface area (Å²) in [5, 5.41) is 2.75. The van der Waals surface area contributed by atoms with E-state index in [1.165, 1.54) is 0 Å². The number of aromatic nitrogens is 2. The Balaban J connectivity index is 2.09. The molecule has 5 heteroatoms. The van der Waals surface area contributed by atoms with Gasteiger partial charge in [0.15, 0.2) is 0 Å². The molecule has 1 amide bonds. The van der Waals surface area contributed by atoms with Crippen LogP contribution >= 0.6 is 0 Å². The maximum Gasteiger partial charge on any atom is 0.257 e. The summed E-state index contributed by atoms with van der Waals surface area (Å²) in [5.41, 5.74) is 1.37. The van der Waals surface area contributed by atoms with E-state index in [9.17, 15) is 4.79 Å². The number of imidazole rings is 1. The van der Waals surface area contributed by atoms with Crippen LogP contribution < -0.4 is 10.2 Å². The van der Waals surface area contributed by atoms with Crippen LogP contribution in [0.15, 0.2) is 30.5 Å². The van der Waals surface area contributed by atoms with Crippen molar-refractivity contribution in [2.45, 2.75) is 13.8 Å². The summed E-state index contributed by atoms with van der Waals surface area (Å²) in [6, 6.07) is 7.14. The van der Waals surface area contributed by atoms with Crippen molar-refractivity contribution in [3.8, 4) is 0 Å². The van der Waals surface area contributed by atoms with E-state index in [0.29, 0.717) is 11.5 Å². The molecule has 0 bridgehead atoms. The highest BCUT2D eigenvalue weighted by Gasteiger charge is 2.10. The number of nitrogens with one attached hydrogen (secondary N) is 2. The maximum absolute atomic E-state index is 12.1. The van der Waals surface area contributed by atoms with Crippen LogP contribution in [0.1, 0.15) is 29.8 Å². The van der Waals surface area contributed by atoms with Gasteiger partial charge in [0.25, 0.3) is 5.91 Å². The van der Waals surface area contributed by atoms with E-state index >= 15 is 0 Å². The van der Waals surface area contributed by atoms with Crippen molar-refractivity contribution in [3.05, 3.63) is 48.5 Å². The predicted octanol–water partition coefficient (Wildman–Crippen LogP) is 2.69. The van der Waals surface area contributed by atoms with Gasteiger partial charge in [0.2, 0.25) is 5.95 Å². The Morgan fingerprint density at radius 2 is 2.15 bits per heavy atom. The van der Waals surface area contributed by atoms with Gasteiger partial charge in [-0.25, -0.2) is 4.98 Å². The smallest absolute Gasteiger partial charge is 0.257 e. The Kier molecular flexibility index (Phi) is 4.40. The molecule has 2 rings (SSSR count). The molecule has 0 spiro atoms. The van der Waals surface area contributed by atoms with Crippen molar-refractivity contribution in [3.63, 3.8) is 0 Å². The molecule has 1 aromatic carbocycles. The highest BCUT2D eigenvalue weighted by atomic mass is 16.1. The number of H-pyrrole nitrogens is 1. The van der Waals surface area contributed by atoms with Crippen LogP contribution in [0.2, 0.25) is 0 Å². The van der Waals surface area contributed by atoms with E-state index in [4.69, 9.17) is 0 Å². The Labute approximate surface area is 119 Å². The van der Waals surface area contributed by atoms with Crippen LogP contribution in [0.25, 0.3) is 0 Å². The number of aromatic amines is 1. The minimum absolute atomic E-state index is 0.198. The van der Waals surface area contributed by atoms with Crippen molar-refractivity contribution >= 4 is 17.7 Å². The fraction of sp³-hybridized carbons (Fsp3) is 0.267. The fourth-order valence-electron chi connectivity index (χ4n) is 1.99. The Morgan fingerprint density at radius 3 is 2.80 bits per heavy atom. The topological polar surface area (TPSA) is 61.0 Å². The number of benzene rings is 1. The minimum Gasteiger partial charge on any atom is -0.357 e. The molecule has 5 nitrogen and oxygen atoms in total. The predicted molar refractivity (Wildman–Crippen MR) is 81.0 cm³/mol. The first-order valence-electron chi connectivity index (χ1n) is 6.67. The van der Waals surface area contributed by atoms with Gasteiger partial charge in [-0.2, -0.15) is 0 Å². The van der Waals surface area contributed by atoms with Crippen molar-refractivity contribution < 1.29 is 4.79 Å². The summed E-state index contributed by atoms with van der Waals surface area (Å²) in [6.07, 6.45) is 1.72. The monoisotopic (exact) mass is 271 g/mol. The molecule has 0 aliphatic rings. The van der Waals surface area contributed by atoms with E-state index in [1.54, 1.807) is 24.4 Å². The summed E-state index contributed by atoms with van der Waals surface area (Å²) in [6.45, 7) is 9.72. The number of carbonyl (C=O) groups is 1. The molecule has 0 saturated heterocycles. The summed E-state index contributed by atoms with van der Waals surface area (Å²) in [5.74, 6) is 1.15. The molecule has 1 radical (unpaired) electrons. The van der Waals surface area contributed by atoms with Crippen LogP contribution in [0.3, 0.4) is 0 Å². The average molecular weight is 271 g/mol. The number of carbonyl (C=O) groups excluding carboxylic acids is 1. The van der Waals surface area contributed by atoms with Gasteiger partial charge >= 0.3 is 0 Å². The normalized spacial score (nSPS) is 10.3. The number of rotatable bonds is 5. The summed E-state index contributed by atoms with van der Waals surface area (Å²) >= 11 is 0. The van der Waals surface area contributed by atoms with Gasteiger partial charge in [-0.3, -0.25) is 10.1 Å². The second-order valence-electron chi connectivity index (χ2n) is 4.44.